The van der Waals surface area contributed by atoms with Crippen molar-refractivity contribution in [1.29, 1.82) is 0 Å². The van der Waals surface area contributed by atoms with Crippen molar-refractivity contribution in [2.24, 2.45) is 0 Å². The Morgan fingerprint density at radius 3 is 2.10 bits per heavy atom. The number of rotatable bonds is 9. The fourth-order valence-electron chi connectivity index (χ4n) is 2.85. The first-order valence-corrected chi connectivity index (χ1v) is 8.80. The summed E-state index contributed by atoms with van der Waals surface area (Å²) < 4.78 is 29.1. The molecule has 6 nitrogen and oxygen atoms in total. The van der Waals surface area contributed by atoms with E-state index in [0.717, 1.165) is 25.7 Å². The Bertz CT molecular complexity index is 410. The summed E-state index contributed by atoms with van der Waals surface area (Å²) >= 11 is 0. The first-order valence-electron chi connectivity index (χ1n) is 7.36. The van der Waals surface area contributed by atoms with Crippen LogP contribution < -0.4 is 4.72 Å². The molecule has 0 aromatic heterocycles. The van der Waals surface area contributed by atoms with Crippen molar-refractivity contribution in [3.05, 3.63) is 0 Å². The van der Waals surface area contributed by atoms with Gasteiger partial charge < -0.3 is 5.11 Å². The third-order valence-electron chi connectivity index (χ3n) is 3.68. The van der Waals surface area contributed by atoms with Gasteiger partial charge in [-0.2, -0.15) is 17.4 Å². The molecule has 0 aromatic rings. The Labute approximate surface area is 121 Å². The summed E-state index contributed by atoms with van der Waals surface area (Å²) in [5.74, 6) is -0.952. The van der Waals surface area contributed by atoms with Crippen LogP contribution in [0.25, 0.3) is 0 Å². The lowest BCUT2D eigenvalue weighted by Gasteiger charge is -2.32. The zero-order chi connectivity index (χ0) is 15.2. The second-order valence-corrected chi connectivity index (χ2v) is 7.23. The van der Waals surface area contributed by atoms with Gasteiger partial charge in [0.15, 0.2) is 0 Å². The zero-order valence-corrected chi connectivity index (χ0v) is 13.2. The fraction of sp³-hybridized carbons (Fsp3) is 0.923. The average molecular weight is 306 g/mol. The first kappa shape index (κ1) is 17.4. The molecule has 20 heavy (non-hydrogen) atoms. The number of carboxylic acid groups (broad SMARTS) is 1. The maximum Gasteiger partial charge on any atom is 0.305 e. The highest BCUT2D eigenvalue weighted by molar-refractivity contribution is 7.87. The Morgan fingerprint density at radius 2 is 1.70 bits per heavy atom. The van der Waals surface area contributed by atoms with Gasteiger partial charge in [-0.05, 0) is 25.7 Å². The van der Waals surface area contributed by atoms with Crippen molar-refractivity contribution in [2.75, 3.05) is 13.1 Å². The van der Waals surface area contributed by atoms with Gasteiger partial charge in [-0.3, -0.25) is 4.79 Å². The lowest BCUT2D eigenvalue weighted by Crippen LogP contribution is -2.53. The lowest BCUT2D eigenvalue weighted by atomic mass is 9.95. The SMILES string of the molecule is CCCN(CCC)S(=O)(=O)NC1(CC(=O)O)CCCC1. The Morgan fingerprint density at radius 1 is 1.20 bits per heavy atom. The lowest BCUT2D eigenvalue weighted by molar-refractivity contribution is -0.138. The van der Waals surface area contributed by atoms with Crippen molar-refractivity contribution in [3.8, 4) is 0 Å². The van der Waals surface area contributed by atoms with Crippen molar-refractivity contribution in [3.63, 3.8) is 0 Å². The van der Waals surface area contributed by atoms with E-state index in [9.17, 15) is 13.2 Å². The van der Waals surface area contributed by atoms with E-state index in [-0.39, 0.29) is 6.42 Å². The number of aliphatic carboxylic acids is 1. The second kappa shape index (κ2) is 7.38. The average Bonchev–Trinajstić information content (AvgIpc) is 2.75. The molecule has 118 valence electrons. The number of nitrogens with one attached hydrogen (secondary N) is 1. The molecule has 0 spiro atoms. The summed E-state index contributed by atoms with van der Waals surface area (Å²) in [5.41, 5.74) is -0.801. The van der Waals surface area contributed by atoms with Gasteiger partial charge in [0.25, 0.3) is 10.2 Å². The Balaban J connectivity index is 2.87. The maximum atomic E-state index is 12.5. The molecular formula is C13H26N2O4S. The highest BCUT2D eigenvalue weighted by Crippen LogP contribution is 2.33. The molecule has 0 aromatic carbocycles. The summed E-state index contributed by atoms with van der Waals surface area (Å²) in [6, 6.07) is 0. The minimum atomic E-state index is -3.61. The number of carbonyl (C=O) groups is 1. The third kappa shape index (κ3) is 4.71. The summed E-state index contributed by atoms with van der Waals surface area (Å²) in [6.07, 6.45) is 4.29. The molecule has 0 unspecified atom stereocenters. The minimum absolute atomic E-state index is 0.141. The van der Waals surface area contributed by atoms with Gasteiger partial charge in [0.2, 0.25) is 0 Å². The van der Waals surface area contributed by atoms with Crippen molar-refractivity contribution < 1.29 is 18.3 Å². The van der Waals surface area contributed by atoms with Crippen LogP contribution in [0.1, 0.15) is 58.8 Å². The topological polar surface area (TPSA) is 86.7 Å². The fourth-order valence-corrected chi connectivity index (χ4v) is 4.64. The number of hydrogen-bond donors (Lipinski definition) is 2. The van der Waals surface area contributed by atoms with E-state index in [4.69, 9.17) is 5.11 Å². The van der Waals surface area contributed by atoms with E-state index in [0.29, 0.717) is 25.9 Å². The molecule has 1 rings (SSSR count). The molecule has 0 radical (unpaired) electrons. The molecule has 1 aliphatic carbocycles. The molecule has 0 atom stereocenters. The van der Waals surface area contributed by atoms with Crippen LogP contribution in [0.4, 0.5) is 0 Å². The molecule has 0 heterocycles. The zero-order valence-electron chi connectivity index (χ0n) is 12.4. The van der Waals surface area contributed by atoms with E-state index in [1.165, 1.54) is 4.31 Å². The first-order chi connectivity index (χ1) is 9.35. The van der Waals surface area contributed by atoms with Crippen molar-refractivity contribution >= 4 is 16.2 Å². The quantitative estimate of drug-likeness (QED) is 0.679. The van der Waals surface area contributed by atoms with Gasteiger partial charge in [-0.25, -0.2) is 0 Å². The van der Waals surface area contributed by atoms with Crippen LogP contribution in [-0.4, -0.2) is 42.4 Å². The van der Waals surface area contributed by atoms with Crippen LogP contribution in [0.15, 0.2) is 0 Å². The molecule has 0 aliphatic heterocycles. The smallest absolute Gasteiger partial charge is 0.305 e. The molecule has 1 saturated carbocycles. The number of hydrogen-bond acceptors (Lipinski definition) is 3. The molecular weight excluding hydrogens is 280 g/mol. The second-order valence-electron chi connectivity index (χ2n) is 5.56. The summed E-state index contributed by atoms with van der Waals surface area (Å²) in [4.78, 5) is 11.0. The summed E-state index contributed by atoms with van der Waals surface area (Å²) in [6.45, 7) is 4.79. The van der Waals surface area contributed by atoms with E-state index in [1.54, 1.807) is 0 Å². The summed E-state index contributed by atoms with van der Waals surface area (Å²) in [5, 5.41) is 9.03. The van der Waals surface area contributed by atoms with Crippen LogP contribution in [-0.2, 0) is 15.0 Å². The van der Waals surface area contributed by atoms with Crippen LogP contribution in [0, 0.1) is 0 Å². The predicted octanol–water partition coefficient (Wildman–Crippen LogP) is 1.73. The van der Waals surface area contributed by atoms with Crippen LogP contribution in [0.3, 0.4) is 0 Å². The largest absolute Gasteiger partial charge is 0.481 e. The standard InChI is InChI=1S/C13H26N2O4S/c1-3-9-15(10-4-2)20(18,19)14-13(11-12(16)17)7-5-6-8-13/h14H,3-11H2,1-2H3,(H,16,17). The van der Waals surface area contributed by atoms with Gasteiger partial charge in [0.05, 0.1) is 6.42 Å². The van der Waals surface area contributed by atoms with Gasteiger partial charge in [-0.1, -0.05) is 26.7 Å². The Kier molecular flexibility index (Phi) is 6.42. The molecule has 2 N–H and O–H groups in total. The highest BCUT2D eigenvalue weighted by atomic mass is 32.2. The third-order valence-corrected chi connectivity index (χ3v) is 5.42. The molecule has 0 amide bonds. The van der Waals surface area contributed by atoms with E-state index < -0.39 is 21.7 Å². The molecule has 0 bridgehead atoms. The minimum Gasteiger partial charge on any atom is -0.481 e. The van der Waals surface area contributed by atoms with Gasteiger partial charge in [0, 0.05) is 18.6 Å². The van der Waals surface area contributed by atoms with Gasteiger partial charge in [0.1, 0.15) is 0 Å². The van der Waals surface area contributed by atoms with Gasteiger partial charge >= 0.3 is 5.97 Å². The number of carboxylic acids is 1. The van der Waals surface area contributed by atoms with E-state index >= 15 is 0 Å². The van der Waals surface area contributed by atoms with Crippen LogP contribution in [0.2, 0.25) is 0 Å². The highest BCUT2D eigenvalue weighted by Gasteiger charge is 2.40. The molecule has 0 saturated heterocycles. The number of nitrogens with zero attached hydrogens (tertiary/aromatic N) is 1. The summed E-state index contributed by atoms with van der Waals surface area (Å²) in [7, 11) is -3.61. The van der Waals surface area contributed by atoms with Crippen LogP contribution >= 0.6 is 0 Å². The van der Waals surface area contributed by atoms with E-state index in [2.05, 4.69) is 4.72 Å². The molecule has 1 fully saturated rings. The normalized spacial score (nSPS) is 18.6. The van der Waals surface area contributed by atoms with Crippen LogP contribution in [0.5, 0.6) is 0 Å². The molecule has 1 aliphatic rings. The molecule has 7 heteroatoms. The Hall–Kier alpha value is -0.660. The van der Waals surface area contributed by atoms with Crippen molar-refractivity contribution in [1.82, 2.24) is 9.03 Å². The predicted molar refractivity (Wildman–Crippen MR) is 77.7 cm³/mol. The van der Waals surface area contributed by atoms with Crippen molar-refractivity contribution in [2.45, 2.75) is 64.3 Å². The van der Waals surface area contributed by atoms with Gasteiger partial charge in [-0.15, -0.1) is 0 Å². The van der Waals surface area contributed by atoms with E-state index in [1.807, 2.05) is 13.8 Å². The monoisotopic (exact) mass is 306 g/mol. The maximum absolute atomic E-state index is 12.5.